The van der Waals surface area contributed by atoms with Crippen LogP contribution in [0.4, 0.5) is 0 Å². The highest BCUT2D eigenvalue weighted by Gasteiger charge is 2.17. The van der Waals surface area contributed by atoms with Gasteiger partial charge in [0, 0.05) is 25.7 Å². The van der Waals surface area contributed by atoms with Gasteiger partial charge in [-0.2, -0.15) is 0 Å². The Morgan fingerprint density at radius 1 is 1.39 bits per heavy atom. The van der Waals surface area contributed by atoms with Crippen molar-refractivity contribution in [3.8, 4) is 11.5 Å². The molecule has 0 spiro atoms. The van der Waals surface area contributed by atoms with E-state index in [1.807, 2.05) is 0 Å². The molecule has 3 heterocycles. The SMILES string of the molecule is O=c1[nH]c(-c2ncccc2Cl)nc2c1CNCC2. The van der Waals surface area contributed by atoms with Crippen LogP contribution in [0.2, 0.25) is 5.02 Å². The molecule has 18 heavy (non-hydrogen) atoms. The van der Waals surface area contributed by atoms with Crippen LogP contribution < -0.4 is 10.9 Å². The second kappa shape index (κ2) is 4.51. The molecule has 2 N–H and O–H groups in total. The number of aromatic nitrogens is 3. The molecule has 2 aromatic heterocycles. The van der Waals surface area contributed by atoms with Crippen molar-refractivity contribution in [2.45, 2.75) is 13.0 Å². The van der Waals surface area contributed by atoms with Gasteiger partial charge in [0.25, 0.3) is 5.56 Å². The van der Waals surface area contributed by atoms with Gasteiger partial charge in [-0.05, 0) is 12.1 Å². The van der Waals surface area contributed by atoms with Crippen molar-refractivity contribution in [3.63, 3.8) is 0 Å². The first-order valence-corrected chi connectivity index (χ1v) is 6.07. The summed E-state index contributed by atoms with van der Waals surface area (Å²) >= 11 is 6.06. The van der Waals surface area contributed by atoms with E-state index in [0.717, 1.165) is 18.7 Å². The number of aromatic amines is 1. The Morgan fingerprint density at radius 3 is 3.11 bits per heavy atom. The fourth-order valence-corrected chi connectivity index (χ4v) is 2.24. The molecule has 0 saturated carbocycles. The summed E-state index contributed by atoms with van der Waals surface area (Å²) < 4.78 is 0. The molecule has 6 heteroatoms. The molecule has 92 valence electrons. The molecule has 0 bridgehead atoms. The summed E-state index contributed by atoms with van der Waals surface area (Å²) in [6.45, 7) is 1.40. The topological polar surface area (TPSA) is 70.7 Å². The van der Waals surface area contributed by atoms with Crippen LogP contribution in [0.1, 0.15) is 11.3 Å². The van der Waals surface area contributed by atoms with E-state index in [2.05, 4.69) is 20.3 Å². The second-order valence-electron chi connectivity index (χ2n) is 4.10. The maximum atomic E-state index is 12.0. The molecular weight excluding hydrogens is 252 g/mol. The van der Waals surface area contributed by atoms with E-state index in [9.17, 15) is 4.79 Å². The van der Waals surface area contributed by atoms with E-state index in [1.54, 1.807) is 18.3 Å². The summed E-state index contributed by atoms with van der Waals surface area (Å²) in [4.78, 5) is 23.3. The van der Waals surface area contributed by atoms with Crippen LogP contribution in [0, 0.1) is 0 Å². The molecule has 0 unspecified atom stereocenters. The van der Waals surface area contributed by atoms with Gasteiger partial charge in [0.05, 0.1) is 16.3 Å². The molecule has 3 rings (SSSR count). The standard InChI is InChI=1S/C12H11ClN4O/c13-8-2-1-4-15-10(8)11-16-9-3-5-14-6-7(9)12(18)17-11/h1-2,4,14H,3,5-6H2,(H,16,17,18). The second-order valence-corrected chi connectivity index (χ2v) is 4.51. The van der Waals surface area contributed by atoms with E-state index in [-0.39, 0.29) is 5.56 Å². The highest BCUT2D eigenvalue weighted by molar-refractivity contribution is 6.32. The Bertz CT molecular complexity index is 653. The number of halogens is 1. The van der Waals surface area contributed by atoms with Crippen LogP contribution in [0.5, 0.6) is 0 Å². The van der Waals surface area contributed by atoms with E-state index in [1.165, 1.54) is 0 Å². The van der Waals surface area contributed by atoms with Crippen molar-refractivity contribution in [1.82, 2.24) is 20.3 Å². The molecule has 2 aromatic rings. The van der Waals surface area contributed by atoms with Crippen LogP contribution in [0.25, 0.3) is 11.5 Å². The van der Waals surface area contributed by atoms with Gasteiger partial charge in [-0.15, -0.1) is 0 Å². The third-order valence-electron chi connectivity index (χ3n) is 2.92. The molecule has 0 amide bonds. The largest absolute Gasteiger partial charge is 0.312 e. The summed E-state index contributed by atoms with van der Waals surface area (Å²) in [5.74, 6) is 0.436. The monoisotopic (exact) mass is 262 g/mol. The Hall–Kier alpha value is -1.72. The Morgan fingerprint density at radius 2 is 2.28 bits per heavy atom. The molecule has 1 aliphatic rings. The lowest BCUT2D eigenvalue weighted by atomic mass is 10.1. The zero-order valence-electron chi connectivity index (χ0n) is 9.53. The Balaban J connectivity index is 2.17. The first-order valence-electron chi connectivity index (χ1n) is 5.69. The summed E-state index contributed by atoms with van der Waals surface area (Å²) in [6.07, 6.45) is 2.37. The average Bonchev–Trinajstić information content (AvgIpc) is 2.39. The van der Waals surface area contributed by atoms with Crippen LogP contribution in [-0.2, 0) is 13.0 Å². The average molecular weight is 263 g/mol. The minimum atomic E-state index is -0.121. The quantitative estimate of drug-likeness (QED) is 0.808. The molecule has 1 aliphatic heterocycles. The fraction of sp³-hybridized carbons (Fsp3) is 0.250. The van der Waals surface area contributed by atoms with Crippen molar-refractivity contribution in [3.05, 3.63) is 45.0 Å². The lowest BCUT2D eigenvalue weighted by Gasteiger charge is -2.15. The van der Waals surface area contributed by atoms with Crippen LogP contribution in [0.15, 0.2) is 23.1 Å². The molecule has 0 aromatic carbocycles. The van der Waals surface area contributed by atoms with Crippen LogP contribution >= 0.6 is 11.6 Å². The van der Waals surface area contributed by atoms with Gasteiger partial charge in [-0.3, -0.25) is 9.78 Å². The number of fused-ring (bicyclic) bond motifs is 1. The zero-order chi connectivity index (χ0) is 12.5. The molecule has 0 radical (unpaired) electrons. The van der Waals surface area contributed by atoms with Crippen molar-refractivity contribution in [1.29, 1.82) is 0 Å². The molecule has 0 atom stereocenters. The zero-order valence-corrected chi connectivity index (χ0v) is 10.3. The van der Waals surface area contributed by atoms with Gasteiger partial charge in [0.2, 0.25) is 0 Å². The van der Waals surface area contributed by atoms with Gasteiger partial charge in [-0.25, -0.2) is 4.98 Å². The summed E-state index contributed by atoms with van der Waals surface area (Å²) in [6, 6.07) is 3.47. The number of hydrogen-bond acceptors (Lipinski definition) is 4. The van der Waals surface area contributed by atoms with Crippen LogP contribution in [-0.4, -0.2) is 21.5 Å². The normalized spacial score (nSPS) is 14.3. The minimum absolute atomic E-state index is 0.121. The highest BCUT2D eigenvalue weighted by Crippen LogP contribution is 2.22. The molecule has 0 fully saturated rings. The first-order chi connectivity index (χ1) is 8.75. The summed E-state index contributed by atoms with van der Waals surface area (Å²) in [5.41, 5.74) is 1.92. The number of rotatable bonds is 1. The van der Waals surface area contributed by atoms with Crippen molar-refractivity contribution >= 4 is 11.6 Å². The number of pyridine rings is 1. The highest BCUT2D eigenvalue weighted by atomic mass is 35.5. The van der Waals surface area contributed by atoms with Crippen molar-refractivity contribution < 1.29 is 0 Å². The van der Waals surface area contributed by atoms with Crippen LogP contribution in [0.3, 0.4) is 0 Å². The summed E-state index contributed by atoms with van der Waals surface area (Å²) in [5, 5.41) is 3.63. The van der Waals surface area contributed by atoms with E-state index < -0.39 is 0 Å². The molecule has 0 saturated heterocycles. The Kier molecular flexibility index (Phi) is 2.85. The van der Waals surface area contributed by atoms with E-state index in [4.69, 9.17) is 11.6 Å². The summed E-state index contributed by atoms with van der Waals surface area (Å²) in [7, 11) is 0. The third kappa shape index (κ3) is 1.91. The fourth-order valence-electron chi connectivity index (χ4n) is 2.03. The minimum Gasteiger partial charge on any atom is -0.312 e. The Labute approximate surface area is 108 Å². The number of H-pyrrole nitrogens is 1. The van der Waals surface area contributed by atoms with Gasteiger partial charge in [-0.1, -0.05) is 11.6 Å². The van der Waals surface area contributed by atoms with Gasteiger partial charge >= 0.3 is 0 Å². The lowest BCUT2D eigenvalue weighted by molar-refractivity contribution is 0.621. The molecule has 0 aliphatic carbocycles. The lowest BCUT2D eigenvalue weighted by Crippen LogP contribution is -2.31. The maximum Gasteiger partial charge on any atom is 0.255 e. The van der Waals surface area contributed by atoms with Gasteiger partial charge in [0.15, 0.2) is 5.82 Å². The number of nitrogens with zero attached hydrogens (tertiary/aromatic N) is 2. The van der Waals surface area contributed by atoms with E-state index in [0.29, 0.717) is 28.6 Å². The first kappa shape index (κ1) is 11.4. The predicted molar refractivity (Wildman–Crippen MR) is 68.5 cm³/mol. The van der Waals surface area contributed by atoms with Crippen molar-refractivity contribution in [2.24, 2.45) is 0 Å². The van der Waals surface area contributed by atoms with Gasteiger partial charge < -0.3 is 10.3 Å². The van der Waals surface area contributed by atoms with E-state index >= 15 is 0 Å². The molecular formula is C12H11ClN4O. The maximum absolute atomic E-state index is 12.0. The van der Waals surface area contributed by atoms with Crippen molar-refractivity contribution in [2.75, 3.05) is 6.54 Å². The van der Waals surface area contributed by atoms with Gasteiger partial charge in [0.1, 0.15) is 5.69 Å². The third-order valence-corrected chi connectivity index (χ3v) is 3.23. The number of hydrogen-bond donors (Lipinski definition) is 2. The predicted octanol–water partition coefficient (Wildman–Crippen LogP) is 1.13. The molecule has 5 nitrogen and oxygen atoms in total. The number of nitrogens with one attached hydrogen (secondary N) is 2. The smallest absolute Gasteiger partial charge is 0.255 e.